The largest absolute Gasteiger partial charge is 0.378 e. The average Bonchev–Trinajstić information content (AvgIpc) is 2.45. The first kappa shape index (κ1) is 8.73. The zero-order valence-electron chi connectivity index (χ0n) is 6.96. The number of aldehydes is 1. The van der Waals surface area contributed by atoms with Gasteiger partial charge in [-0.25, -0.2) is 0 Å². The van der Waals surface area contributed by atoms with Crippen molar-refractivity contribution in [3.05, 3.63) is 34.3 Å². The van der Waals surface area contributed by atoms with E-state index in [-0.39, 0.29) is 0 Å². The van der Waals surface area contributed by atoms with E-state index in [0.29, 0.717) is 29.7 Å². The van der Waals surface area contributed by atoms with Crippen LogP contribution in [0, 0.1) is 0 Å². The second-order valence-electron chi connectivity index (χ2n) is 3.34. The van der Waals surface area contributed by atoms with Gasteiger partial charge in [0.2, 0.25) is 0 Å². The number of benzene rings is 1. The number of hydrogen-bond donors (Lipinski definition) is 1. The van der Waals surface area contributed by atoms with E-state index in [2.05, 4.69) is 0 Å². The van der Waals surface area contributed by atoms with Crippen molar-refractivity contribution in [2.75, 3.05) is 0 Å². The summed E-state index contributed by atoms with van der Waals surface area (Å²) in [6.07, 6.45) is 1.78. The number of hydrogen-bond acceptors (Lipinski definition) is 2. The Morgan fingerprint density at radius 2 is 2.31 bits per heavy atom. The van der Waals surface area contributed by atoms with E-state index in [1.165, 1.54) is 0 Å². The van der Waals surface area contributed by atoms with Crippen LogP contribution in [0.15, 0.2) is 18.2 Å². The molecule has 0 fully saturated rings. The van der Waals surface area contributed by atoms with Crippen LogP contribution in [0.1, 0.15) is 17.5 Å². The fourth-order valence-electron chi connectivity index (χ4n) is 1.77. The third-order valence-electron chi connectivity index (χ3n) is 2.50. The highest BCUT2D eigenvalue weighted by Crippen LogP contribution is 2.36. The lowest BCUT2D eigenvalue weighted by molar-refractivity contribution is -0.124. The van der Waals surface area contributed by atoms with Crippen molar-refractivity contribution in [1.29, 1.82) is 0 Å². The minimum atomic E-state index is -1.28. The Bertz CT molecular complexity index is 362. The van der Waals surface area contributed by atoms with Gasteiger partial charge in [-0.05, 0) is 36.1 Å². The summed E-state index contributed by atoms with van der Waals surface area (Å²) in [5, 5.41) is 10.5. The molecule has 0 spiro atoms. The molecule has 1 aliphatic carbocycles. The van der Waals surface area contributed by atoms with Crippen molar-refractivity contribution in [3.8, 4) is 0 Å². The van der Waals surface area contributed by atoms with Gasteiger partial charge in [-0.15, -0.1) is 0 Å². The maximum atomic E-state index is 10.7. The molecule has 1 N–H and O–H groups in total. The van der Waals surface area contributed by atoms with Gasteiger partial charge in [0.1, 0.15) is 5.60 Å². The molecular weight excluding hydrogens is 188 g/mol. The summed E-state index contributed by atoms with van der Waals surface area (Å²) in [5.74, 6) is 0. The van der Waals surface area contributed by atoms with E-state index < -0.39 is 5.60 Å². The van der Waals surface area contributed by atoms with Gasteiger partial charge in [0.05, 0.1) is 0 Å². The molecule has 1 atom stereocenters. The summed E-state index contributed by atoms with van der Waals surface area (Å²) < 4.78 is 0. The van der Waals surface area contributed by atoms with E-state index in [0.717, 1.165) is 5.56 Å². The third-order valence-corrected chi connectivity index (χ3v) is 2.74. The van der Waals surface area contributed by atoms with Gasteiger partial charge in [0, 0.05) is 5.02 Å². The van der Waals surface area contributed by atoms with Crippen LogP contribution in [-0.2, 0) is 16.8 Å². The van der Waals surface area contributed by atoms with Crippen LogP contribution in [0.3, 0.4) is 0 Å². The summed E-state index contributed by atoms with van der Waals surface area (Å²) in [7, 11) is 0. The molecule has 0 amide bonds. The fraction of sp³-hybridized carbons (Fsp3) is 0.300. The number of rotatable bonds is 1. The van der Waals surface area contributed by atoms with E-state index in [1.54, 1.807) is 18.2 Å². The van der Waals surface area contributed by atoms with Crippen LogP contribution >= 0.6 is 11.6 Å². The molecule has 0 aromatic heterocycles. The lowest BCUT2D eigenvalue weighted by Crippen LogP contribution is -2.23. The van der Waals surface area contributed by atoms with Gasteiger partial charge >= 0.3 is 0 Å². The Hall–Kier alpha value is -0.860. The van der Waals surface area contributed by atoms with Crippen LogP contribution in [0.4, 0.5) is 0 Å². The minimum absolute atomic E-state index is 0.464. The summed E-state index contributed by atoms with van der Waals surface area (Å²) in [4.78, 5) is 10.7. The number of halogens is 1. The second kappa shape index (κ2) is 2.82. The maximum absolute atomic E-state index is 10.7. The van der Waals surface area contributed by atoms with E-state index in [9.17, 15) is 9.90 Å². The molecule has 1 unspecified atom stereocenters. The molecule has 0 aliphatic heterocycles. The summed E-state index contributed by atoms with van der Waals surface area (Å²) >= 11 is 5.79. The predicted octanol–water partition coefficient (Wildman–Crippen LogP) is 1.67. The Kier molecular flexibility index (Phi) is 1.90. The molecule has 0 heterocycles. The fourth-order valence-corrected chi connectivity index (χ4v) is 1.97. The Morgan fingerprint density at radius 3 is 3.00 bits per heavy atom. The summed E-state index contributed by atoms with van der Waals surface area (Å²) in [6.45, 7) is 0. The number of carbonyl (C=O) groups excluding carboxylic acids is 1. The van der Waals surface area contributed by atoms with Crippen molar-refractivity contribution < 1.29 is 9.90 Å². The zero-order chi connectivity index (χ0) is 9.47. The van der Waals surface area contributed by atoms with Gasteiger partial charge in [-0.2, -0.15) is 0 Å². The topological polar surface area (TPSA) is 37.3 Å². The molecule has 3 heteroatoms. The maximum Gasteiger partial charge on any atom is 0.156 e. The van der Waals surface area contributed by atoms with E-state index >= 15 is 0 Å². The Labute approximate surface area is 81.1 Å². The van der Waals surface area contributed by atoms with Crippen molar-refractivity contribution in [2.45, 2.75) is 18.4 Å². The highest BCUT2D eigenvalue weighted by atomic mass is 35.5. The molecule has 1 aliphatic rings. The van der Waals surface area contributed by atoms with E-state index in [4.69, 9.17) is 11.6 Å². The van der Waals surface area contributed by atoms with Crippen molar-refractivity contribution in [1.82, 2.24) is 0 Å². The molecule has 68 valence electrons. The monoisotopic (exact) mass is 196 g/mol. The van der Waals surface area contributed by atoms with Gasteiger partial charge in [0.15, 0.2) is 6.29 Å². The molecule has 0 saturated carbocycles. The Morgan fingerprint density at radius 1 is 1.54 bits per heavy atom. The van der Waals surface area contributed by atoms with Crippen molar-refractivity contribution in [3.63, 3.8) is 0 Å². The first-order chi connectivity index (χ1) is 6.15. The predicted molar refractivity (Wildman–Crippen MR) is 49.7 cm³/mol. The highest BCUT2D eigenvalue weighted by molar-refractivity contribution is 6.30. The van der Waals surface area contributed by atoms with Crippen LogP contribution in [0.5, 0.6) is 0 Å². The molecule has 13 heavy (non-hydrogen) atoms. The van der Waals surface area contributed by atoms with Crippen LogP contribution in [0.25, 0.3) is 0 Å². The highest BCUT2D eigenvalue weighted by Gasteiger charge is 2.36. The molecule has 1 aromatic carbocycles. The number of fused-ring (bicyclic) bond motifs is 1. The lowest BCUT2D eigenvalue weighted by atomic mass is 9.98. The average molecular weight is 197 g/mol. The summed E-state index contributed by atoms with van der Waals surface area (Å²) in [5.41, 5.74) is 0.397. The van der Waals surface area contributed by atoms with Crippen LogP contribution < -0.4 is 0 Å². The number of aryl methyl sites for hydroxylation is 1. The Balaban J connectivity index is 2.55. The molecule has 0 bridgehead atoms. The smallest absolute Gasteiger partial charge is 0.156 e. The molecule has 0 saturated heterocycles. The molecule has 1 aromatic rings. The second-order valence-corrected chi connectivity index (χ2v) is 3.78. The molecule has 2 nitrogen and oxygen atoms in total. The molecule has 0 radical (unpaired) electrons. The van der Waals surface area contributed by atoms with Crippen LogP contribution in [0.2, 0.25) is 5.02 Å². The quantitative estimate of drug-likeness (QED) is 0.694. The van der Waals surface area contributed by atoms with Crippen molar-refractivity contribution in [2.24, 2.45) is 0 Å². The third kappa shape index (κ3) is 1.26. The number of carbonyl (C=O) groups is 1. The summed E-state index contributed by atoms with van der Waals surface area (Å²) in [6, 6.07) is 5.22. The standard InChI is InChI=1S/C10H9ClO2/c11-8-1-2-9-7(5-8)3-4-10(9,13)6-12/h1-2,5-6,13H,3-4H2. The van der Waals surface area contributed by atoms with E-state index in [1.807, 2.05) is 0 Å². The SMILES string of the molecule is O=CC1(O)CCc2cc(Cl)ccc21. The zero-order valence-corrected chi connectivity index (χ0v) is 7.71. The van der Waals surface area contributed by atoms with Crippen LogP contribution in [-0.4, -0.2) is 11.4 Å². The lowest BCUT2D eigenvalue weighted by Gasteiger charge is -2.15. The first-order valence-corrected chi connectivity index (χ1v) is 4.51. The normalized spacial score (nSPS) is 25.7. The number of aliphatic hydroxyl groups is 1. The van der Waals surface area contributed by atoms with Crippen molar-refractivity contribution >= 4 is 17.9 Å². The first-order valence-electron chi connectivity index (χ1n) is 4.13. The molecular formula is C10H9ClO2. The van der Waals surface area contributed by atoms with Gasteiger partial charge in [-0.1, -0.05) is 17.7 Å². The van der Waals surface area contributed by atoms with Gasteiger partial charge in [0.25, 0.3) is 0 Å². The van der Waals surface area contributed by atoms with Gasteiger partial charge in [-0.3, -0.25) is 4.79 Å². The van der Waals surface area contributed by atoms with Gasteiger partial charge < -0.3 is 5.11 Å². The molecule has 2 rings (SSSR count). The minimum Gasteiger partial charge on any atom is -0.378 e.